The van der Waals surface area contributed by atoms with Gasteiger partial charge in [-0.15, -0.1) is 11.3 Å². The molecule has 6 nitrogen and oxygen atoms in total. The number of hydrogen-bond donors (Lipinski definition) is 2. The molecule has 0 radical (unpaired) electrons. The normalized spacial score (nSPS) is 11.5. The molecule has 0 aliphatic heterocycles. The van der Waals surface area contributed by atoms with E-state index in [-0.39, 0.29) is 0 Å². The number of rotatable bonds is 6. The third kappa shape index (κ3) is 4.70. The van der Waals surface area contributed by atoms with Crippen molar-refractivity contribution in [3.63, 3.8) is 0 Å². The predicted octanol–water partition coefficient (Wildman–Crippen LogP) is 5.53. The second-order valence-corrected chi connectivity index (χ2v) is 8.68. The first-order valence-electron chi connectivity index (χ1n) is 9.41. The standard InChI is InChI=1S/C23H21N5OS2/c1-14(15-5-4-10-25-13-15)26-22(18-12-17(29-2)7-8-19(18)24)27-16-6-9-20-21(11-16)31-23(28-20)30-3/h4-13H,1,24H2,2-3H3,(H,26,27). The van der Waals surface area contributed by atoms with Crippen molar-refractivity contribution in [2.75, 3.05) is 24.4 Å². The lowest BCUT2D eigenvalue weighted by Gasteiger charge is -2.14. The average molecular weight is 448 g/mol. The van der Waals surface area contributed by atoms with Crippen molar-refractivity contribution < 1.29 is 4.74 Å². The van der Waals surface area contributed by atoms with Crippen LogP contribution in [0, 0.1) is 0 Å². The minimum atomic E-state index is 0.569. The van der Waals surface area contributed by atoms with Gasteiger partial charge in [0.15, 0.2) is 4.34 Å². The van der Waals surface area contributed by atoms with Crippen LogP contribution in [0.25, 0.3) is 15.9 Å². The number of hydrogen-bond acceptors (Lipinski definition) is 7. The lowest BCUT2D eigenvalue weighted by molar-refractivity contribution is 0.415. The topological polar surface area (TPSA) is 85.4 Å². The van der Waals surface area contributed by atoms with E-state index in [1.807, 2.05) is 42.7 Å². The molecule has 2 aromatic heterocycles. The second-order valence-electron chi connectivity index (χ2n) is 6.59. The summed E-state index contributed by atoms with van der Waals surface area (Å²) in [6.45, 7) is 4.12. The van der Waals surface area contributed by atoms with Crippen molar-refractivity contribution in [2.24, 2.45) is 4.99 Å². The molecule has 0 aliphatic rings. The highest BCUT2D eigenvalue weighted by Crippen LogP contribution is 2.31. The van der Waals surface area contributed by atoms with Crippen LogP contribution in [0.15, 0.2) is 76.8 Å². The Labute approximate surface area is 188 Å². The summed E-state index contributed by atoms with van der Waals surface area (Å²) in [7, 11) is 1.62. The summed E-state index contributed by atoms with van der Waals surface area (Å²) in [6.07, 6.45) is 5.47. The Morgan fingerprint density at radius 1 is 1.23 bits per heavy atom. The number of nitrogens with two attached hydrogens (primary N) is 1. The zero-order valence-corrected chi connectivity index (χ0v) is 18.8. The number of pyridine rings is 1. The van der Waals surface area contributed by atoms with Crippen molar-refractivity contribution in [1.82, 2.24) is 9.97 Å². The Bertz CT molecular complexity index is 1270. The molecule has 0 aliphatic carbocycles. The van der Waals surface area contributed by atoms with Gasteiger partial charge in [0.2, 0.25) is 0 Å². The van der Waals surface area contributed by atoms with Crippen molar-refractivity contribution in [3.8, 4) is 5.75 Å². The van der Waals surface area contributed by atoms with Gasteiger partial charge in [0.25, 0.3) is 0 Å². The van der Waals surface area contributed by atoms with Crippen LogP contribution in [0.1, 0.15) is 11.1 Å². The number of nitrogens with zero attached hydrogens (tertiary/aromatic N) is 3. The molecule has 0 unspecified atom stereocenters. The lowest BCUT2D eigenvalue weighted by atomic mass is 10.1. The van der Waals surface area contributed by atoms with Gasteiger partial charge in [0, 0.05) is 34.9 Å². The van der Waals surface area contributed by atoms with Gasteiger partial charge in [-0.3, -0.25) is 4.98 Å². The quantitative estimate of drug-likeness (QED) is 0.175. The molecule has 2 aromatic carbocycles. The first kappa shape index (κ1) is 20.9. The number of methoxy groups -OCH3 is 1. The van der Waals surface area contributed by atoms with Gasteiger partial charge >= 0.3 is 0 Å². The molecule has 0 amide bonds. The van der Waals surface area contributed by atoms with Gasteiger partial charge in [-0.1, -0.05) is 18.3 Å². The molecule has 0 saturated carbocycles. The number of amidine groups is 1. The van der Waals surface area contributed by atoms with E-state index in [1.54, 1.807) is 48.7 Å². The Kier molecular flexibility index (Phi) is 6.20. The highest BCUT2D eigenvalue weighted by atomic mass is 32.2. The maximum Gasteiger partial charge on any atom is 0.150 e. The third-order valence-corrected chi connectivity index (χ3v) is 6.57. The van der Waals surface area contributed by atoms with E-state index < -0.39 is 0 Å². The van der Waals surface area contributed by atoms with E-state index in [0.29, 0.717) is 23.0 Å². The molecule has 0 bridgehead atoms. The summed E-state index contributed by atoms with van der Waals surface area (Å²) in [5.74, 6) is 1.26. The van der Waals surface area contributed by atoms with Crippen LogP contribution in [0.5, 0.6) is 5.75 Å². The van der Waals surface area contributed by atoms with Crippen molar-refractivity contribution in [3.05, 3.63) is 78.6 Å². The molecule has 8 heteroatoms. The number of benzene rings is 2. The molecular formula is C23H21N5OS2. The molecular weight excluding hydrogens is 426 g/mol. The average Bonchev–Trinajstić information content (AvgIpc) is 3.22. The minimum absolute atomic E-state index is 0.569. The van der Waals surface area contributed by atoms with Crippen molar-refractivity contribution in [2.45, 2.75) is 4.34 Å². The van der Waals surface area contributed by atoms with E-state index >= 15 is 0 Å². The molecule has 0 fully saturated rings. The fraction of sp³-hybridized carbons (Fsp3) is 0.0870. The van der Waals surface area contributed by atoms with Gasteiger partial charge in [-0.2, -0.15) is 0 Å². The van der Waals surface area contributed by atoms with Crippen molar-refractivity contribution >= 4 is 56.2 Å². The van der Waals surface area contributed by atoms with Crippen LogP contribution in [0.3, 0.4) is 0 Å². The summed E-state index contributed by atoms with van der Waals surface area (Å²) in [5.41, 5.74) is 10.8. The number of thioether (sulfide) groups is 1. The predicted molar refractivity (Wildman–Crippen MR) is 132 cm³/mol. The molecule has 3 N–H and O–H groups in total. The lowest BCUT2D eigenvalue weighted by Crippen LogP contribution is -2.16. The van der Waals surface area contributed by atoms with Crippen LogP contribution in [-0.4, -0.2) is 29.2 Å². The Hall–Kier alpha value is -3.36. The molecule has 0 spiro atoms. The zero-order valence-electron chi connectivity index (χ0n) is 17.1. The fourth-order valence-corrected chi connectivity index (χ4v) is 4.49. The maximum absolute atomic E-state index is 6.30. The monoisotopic (exact) mass is 447 g/mol. The maximum atomic E-state index is 6.30. The van der Waals surface area contributed by atoms with Gasteiger partial charge in [-0.25, -0.2) is 9.98 Å². The van der Waals surface area contributed by atoms with Crippen LogP contribution in [0.4, 0.5) is 11.4 Å². The van der Waals surface area contributed by atoms with E-state index in [9.17, 15) is 0 Å². The summed E-state index contributed by atoms with van der Waals surface area (Å²) in [6, 6.07) is 15.3. The van der Waals surface area contributed by atoms with Crippen LogP contribution in [-0.2, 0) is 0 Å². The molecule has 2 heterocycles. The largest absolute Gasteiger partial charge is 0.497 e. The summed E-state index contributed by atoms with van der Waals surface area (Å²) in [5, 5.41) is 3.41. The molecule has 156 valence electrons. The smallest absolute Gasteiger partial charge is 0.150 e. The number of anilines is 2. The van der Waals surface area contributed by atoms with E-state index in [1.165, 1.54) is 0 Å². The van der Waals surface area contributed by atoms with Crippen LogP contribution in [0.2, 0.25) is 0 Å². The molecule has 0 saturated heterocycles. The number of aliphatic imine (C=N–C) groups is 1. The van der Waals surface area contributed by atoms with Gasteiger partial charge in [0.1, 0.15) is 11.6 Å². The second kappa shape index (κ2) is 9.20. The molecule has 31 heavy (non-hydrogen) atoms. The van der Waals surface area contributed by atoms with E-state index in [0.717, 1.165) is 31.4 Å². The minimum Gasteiger partial charge on any atom is -0.497 e. The summed E-state index contributed by atoms with van der Waals surface area (Å²) >= 11 is 3.29. The van der Waals surface area contributed by atoms with Crippen molar-refractivity contribution in [1.29, 1.82) is 0 Å². The van der Waals surface area contributed by atoms with E-state index in [2.05, 4.69) is 27.9 Å². The zero-order chi connectivity index (χ0) is 21.8. The first-order chi connectivity index (χ1) is 15.1. The van der Waals surface area contributed by atoms with Gasteiger partial charge in [-0.05, 0) is 54.8 Å². The Balaban J connectivity index is 1.77. The van der Waals surface area contributed by atoms with E-state index in [4.69, 9.17) is 15.5 Å². The number of nitrogens with one attached hydrogen (secondary N) is 1. The molecule has 4 rings (SSSR count). The number of nitrogen functional groups attached to an aromatic ring is 1. The fourth-order valence-electron chi connectivity index (χ4n) is 2.96. The molecule has 0 atom stereocenters. The highest BCUT2D eigenvalue weighted by Gasteiger charge is 2.13. The summed E-state index contributed by atoms with van der Waals surface area (Å²) in [4.78, 5) is 13.5. The number of ether oxygens (including phenoxy) is 1. The Morgan fingerprint density at radius 3 is 2.84 bits per heavy atom. The highest BCUT2D eigenvalue weighted by molar-refractivity contribution is 8.00. The van der Waals surface area contributed by atoms with Crippen LogP contribution < -0.4 is 15.8 Å². The molecule has 4 aromatic rings. The SMILES string of the molecule is C=C(/N=C(/Nc1ccc2nc(SC)sc2c1)c1cc(OC)ccc1N)c1cccnc1. The summed E-state index contributed by atoms with van der Waals surface area (Å²) < 4.78 is 7.52. The van der Waals surface area contributed by atoms with Gasteiger partial charge in [0.05, 0.1) is 23.0 Å². The van der Waals surface area contributed by atoms with Crippen LogP contribution >= 0.6 is 23.1 Å². The Morgan fingerprint density at radius 2 is 2.10 bits per heavy atom. The third-order valence-electron chi connectivity index (χ3n) is 4.56. The number of aromatic nitrogens is 2. The van der Waals surface area contributed by atoms with Gasteiger partial charge < -0.3 is 15.8 Å². The number of fused-ring (bicyclic) bond motifs is 1. The number of thiazole rings is 1. The first-order valence-corrected chi connectivity index (χ1v) is 11.4.